The van der Waals surface area contributed by atoms with Gasteiger partial charge in [-0.2, -0.15) is 5.06 Å². The molecule has 3 aromatic carbocycles. The molecule has 0 aromatic heterocycles. The summed E-state index contributed by atoms with van der Waals surface area (Å²) in [5, 5.41) is 29.5. The predicted octanol–water partition coefficient (Wildman–Crippen LogP) is 3.83. The number of rotatable bonds is 15. The van der Waals surface area contributed by atoms with Gasteiger partial charge in [0.25, 0.3) is 5.91 Å². The number of carbonyl (C=O) groups excluding carboxylic acids is 2. The van der Waals surface area contributed by atoms with E-state index >= 15 is 0 Å². The van der Waals surface area contributed by atoms with Crippen molar-refractivity contribution in [3.63, 3.8) is 0 Å². The summed E-state index contributed by atoms with van der Waals surface area (Å²) in [6.45, 7) is 8.87. The number of likely N-dealkylation sites (N-methyl/N-ethyl adjacent to an activating group) is 1. The number of aliphatic hydroxyl groups is 2. The molecule has 3 aromatic rings. The number of para-hydroxylation sites is 1. The molecular formula is C44H61N7O6. The van der Waals surface area contributed by atoms with Crippen LogP contribution in [0.4, 0.5) is 5.69 Å². The van der Waals surface area contributed by atoms with Gasteiger partial charge in [-0.1, -0.05) is 69.3 Å². The number of aliphatic imine (C=N–C) groups is 1. The molecule has 13 heteroatoms. The third-order valence-electron chi connectivity index (χ3n) is 12.7. The summed E-state index contributed by atoms with van der Waals surface area (Å²) in [7, 11) is 5.50. The maximum atomic E-state index is 14.3. The van der Waals surface area contributed by atoms with Gasteiger partial charge in [-0.3, -0.25) is 14.4 Å². The standard InChI is InChI=1S/C44H61N7O6/c1-25-35-20-31(44(35,3)4)21-36(25)49-42(55)39-38(26(2)53)37(24-52)57-51(39)22-28-14-11-15-34(40(28)56-7)29-17-30(19-32(18-29)48-43(45)46)41(54)47-33(23-50(5)6)16-27-12-9-8-10-13-27/h8-15,17-19,25-26,31,33,35-39,52-53H,16,20-24H2,1-7H3,(H,47,54)(H,49,55)(H4,45,46,48)/t25-,26-,31+,33-,35+,36-,37-,38+,39-/m0/s1. The predicted molar refractivity (Wildman–Crippen MR) is 221 cm³/mol. The van der Waals surface area contributed by atoms with Gasteiger partial charge in [0.2, 0.25) is 5.91 Å². The second kappa shape index (κ2) is 17.5. The van der Waals surface area contributed by atoms with Crippen molar-refractivity contribution in [2.75, 3.05) is 34.4 Å². The van der Waals surface area contributed by atoms with Crippen LogP contribution in [0.5, 0.6) is 5.75 Å². The minimum atomic E-state index is -0.930. The molecule has 308 valence electrons. The van der Waals surface area contributed by atoms with Crippen molar-refractivity contribution in [1.29, 1.82) is 0 Å². The van der Waals surface area contributed by atoms with Crippen molar-refractivity contribution in [2.45, 2.75) is 83.8 Å². The van der Waals surface area contributed by atoms with Gasteiger partial charge < -0.3 is 42.0 Å². The largest absolute Gasteiger partial charge is 0.496 e. The van der Waals surface area contributed by atoms with Gasteiger partial charge in [-0.15, -0.1) is 0 Å². The number of hydroxylamine groups is 2. The average molecular weight is 784 g/mol. The molecule has 3 saturated carbocycles. The van der Waals surface area contributed by atoms with Gasteiger partial charge in [0.1, 0.15) is 17.9 Å². The van der Waals surface area contributed by atoms with Crippen LogP contribution in [0.1, 0.15) is 62.0 Å². The van der Waals surface area contributed by atoms with E-state index in [2.05, 4.69) is 36.4 Å². The monoisotopic (exact) mass is 783 g/mol. The Balaban J connectivity index is 1.30. The van der Waals surface area contributed by atoms with Gasteiger partial charge in [0.15, 0.2) is 5.96 Å². The molecule has 0 spiro atoms. The molecule has 2 amide bonds. The van der Waals surface area contributed by atoms with E-state index in [0.29, 0.717) is 64.4 Å². The first-order valence-corrected chi connectivity index (χ1v) is 20.0. The molecule has 2 bridgehead atoms. The summed E-state index contributed by atoms with van der Waals surface area (Å²) in [6, 6.07) is 19.8. The van der Waals surface area contributed by atoms with Crippen molar-refractivity contribution in [1.82, 2.24) is 20.6 Å². The maximum absolute atomic E-state index is 14.3. The van der Waals surface area contributed by atoms with Gasteiger partial charge in [0, 0.05) is 41.2 Å². The minimum absolute atomic E-state index is 0.0113. The van der Waals surface area contributed by atoms with Crippen LogP contribution in [-0.2, 0) is 22.6 Å². The molecule has 3 aliphatic carbocycles. The first-order valence-electron chi connectivity index (χ1n) is 20.0. The first kappa shape index (κ1) is 42.1. The summed E-state index contributed by atoms with van der Waals surface area (Å²) in [5.74, 6) is 0.542. The maximum Gasteiger partial charge on any atom is 0.251 e. The number of methoxy groups -OCH3 is 1. The van der Waals surface area contributed by atoms with E-state index in [9.17, 15) is 19.8 Å². The number of nitrogens with one attached hydrogen (secondary N) is 2. The van der Waals surface area contributed by atoms with E-state index in [-0.39, 0.29) is 48.4 Å². The summed E-state index contributed by atoms with van der Waals surface area (Å²) in [5.41, 5.74) is 15.8. The number of benzene rings is 3. The quantitative estimate of drug-likeness (QED) is 0.0978. The highest BCUT2D eigenvalue weighted by Crippen LogP contribution is 2.61. The zero-order chi connectivity index (χ0) is 41.2. The first-order chi connectivity index (χ1) is 27.1. The van der Waals surface area contributed by atoms with Crippen molar-refractivity contribution >= 4 is 23.5 Å². The lowest BCUT2D eigenvalue weighted by molar-refractivity contribution is -0.183. The second-order valence-corrected chi connectivity index (χ2v) is 17.2. The fraction of sp³-hybridized carbons (Fsp3) is 0.523. The lowest BCUT2D eigenvalue weighted by Crippen LogP contribution is -2.62. The number of nitrogens with two attached hydrogens (primary N) is 2. The fourth-order valence-electron chi connectivity index (χ4n) is 9.71. The van der Waals surface area contributed by atoms with Crippen molar-refractivity contribution in [2.24, 2.45) is 45.5 Å². The lowest BCUT2D eigenvalue weighted by atomic mass is 9.45. The number of carbonyl (C=O) groups is 2. The molecule has 0 unspecified atom stereocenters. The fourth-order valence-corrected chi connectivity index (χ4v) is 9.71. The molecule has 1 aliphatic heterocycles. The molecule has 8 N–H and O–H groups in total. The Morgan fingerprint density at radius 3 is 2.44 bits per heavy atom. The number of nitrogens with zero attached hydrogens (tertiary/aromatic N) is 3. The zero-order valence-corrected chi connectivity index (χ0v) is 34.3. The molecule has 13 nitrogen and oxygen atoms in total. The second-order valence-electron chi connectivity index (χ2n) is 17.2. The number of guanidine groups is 1. The number of hydrogen-bond donors (Lipinski definition) is 6. The van der Waals surface area contributed by atoms with E-state index in [1.165, 1.54) is 6.42 Å². The number of amides is 2. The minimum Gasteiger partial charge on any atom is -0.496 e. The number of fused-ring (bicyclic) bond motifs is 2. The Kier molecular flexibility index (Phi) is 12.9. The van der Waals surface area contributed by atoms with E-state index < -0.39 is 24.2 Å². The van der Waals surface area contributed by atoms with Crippen LogP contribution < -0.4 is 26.8 Å². The Morgan fingerprint density at radius 1 is 1.09 bits per heavy atom. The summed E-state index contributed by atoms with van der Waals surface area (Å²) in [4.78, 5) is 40.9. The number of aliphatic hydroxyl groups excluding tert-OH is 2. The van der Waals surface area contributed by atoms with Crippen LogP contribution in [0.15, 0.2) is 71.7 Å². The molecule has 1 heterocycles. The van der Waals surface area contributed by atoms with E-state index in [0.717, 1.165) is 12.0 Å². The Morgan fingerprint density at radius 2 is 1.82 bits per heavy atom. The van der Waals surface area contributed by atoms with Gasteiger partial charge >= 0.3 is 0 Å². The topological polar surface area (TPSA) is 188 Å². The Hall–Kier alpha value is -4.53. The van der Waals surface area contributed by atoms with Crippen LogP contribution in [0.25, 0.3) is 11.1 Å². The normalized spacial score (nSPS) is 26.2. The third-order valence-corrected chi connectivity index (χ3v) is 12.7. The van der Waals surface area contributed by atoms with Crippen LogP contribution in [-0.4, -0.2) is 103 Å². The Bertz CT molecular complexity index is 1920. The molecular weight excluding hydrogens is 723 g/mol. The van der Waals surface area contributed by atoms with Gasteiger partial charge in [0.05, 0.1) is 32.1 Å². The highest BCUT2D eigenvalue weighted by atomic mass is 16.7. The molecule has 0 radical (unpaired) electrons. The average Bonchev–Trinajstić information content (AvgIpc) is 3.53. The van der Waals surface area contributed by atoms with Crippen LogP contribution in [0.3, 0.4) is 0 Å². The molecule has 4 fully saturated rings. The molecule has 9 atom stereocenters. The summed E-state index contributed by atoms with van der Waals surface area (Å²) in [6.07, 6.45) is 1.02. The molecule has 1 saturated heterocycles. The van der Waals surface area contributed by atoms with E-state index in [1.807, 2.05) is 67.5 Å². The van der Waals surface area contributed by atoms with Crippen molar-refractivity contribution in [3.8, 4) is 16.9 Å². The highest BCUT2D eigenvalue weighted by Gasteiger charge is 2.57. The molecule has 57 heavy (non-hydrogen) atoms. The third kappa shape index (κ3) is 9.13. The van der Waals surface area contributed by atoms with Crippen molar-refractivity contribution < 1.29 is 29.4 Å². The van der Waals surface area contributed by atoms with Crippen LogP contribution >= 0.6 is 0 Å². The number of hydrogen-bond acceptors (Lipinski definition) is 9. The smallest absolute Gasteiger partial charge is 0.251 e. The van der Waals surface area contributed by atoms with Gasteiger partial charge in [-0.05, 0) is 92.8 Å². The van der Waals surface area contributed by atoms with Crippen LogP contribution in [0.2, 0.25) is 0 Å². The zero-order valence-electron chi connectivity index (χ0n) is 34.3. The van der Waals surface area contributed by atoms with Crippen molar-refractivity contribution in [3.05, 3.63) is 83.4 Å². The van der Waals surface area contributed by atoms with E-state index in [4.69, 9.17) is 21.0 Å². The van der Waals surface area contributed by atoms with Gasteiger partial charge in [-0.25, -0.2) is 4.99 Å². The molecule has 4 aliphatic rings. The lowest BCUT2D eigenvalue weighted by Gasteiger charge is -2.62. The summed E-state index contributed by atoms with van der Waals surface area (Å²) >= 11 is 0. The van der Waals surface area contributed by atoms with Crippen LogP contribution in [0, 0.1) is 29.1 Å². The Labute approximate surface area is 336 Å². The molecule has 7 rings (SSSR count). The highest BCUT2D eigenvalue weighted by molar-refractivity contribution is 5.97. The number of ether oxygens (including phenoxy) is 1. The summed E-state index contributed by atoms with van der Waals surface area (Å²) < 4.78 is 6.06. The van der Waals surface area contributed by atoms with E-state index in [1.54, 1.807) is 37.3 Å². The SMILES string of the molecule is COc1c(CN2O[C@@H](CO)[C@@H]([C@H](C)O)[C@H]2C(=O)N[C@H]2C[C@H]3C[C@H]([C@@H]2C)C3(C)C)cccc1-c1cc(N=C(N)N)cc(C(=O)N[C@@H](Cc2ccccc2)CN(C)C)c1.